The van der Waals surface area contributed by atoms with Crippen LogP contribution in [0.2, 0.25) is 0 Å². The first-order valence-corrected chi connectivity index (χ1v) is 8.75. The van der Waals surface area contributed by atoms with Crippen molar-refractivity contribution in [1.82, 2.24) is 10.2 Å². The maximum absolute atomic E-state index is 13.0. The number of benzene rings is 2. The van der Waals surface area contributed by atoms with E-state index in [0.717, 1.165) is 38.4 Å². The number of nitrogens with one attached hydrogen (secondary N) is 1. The lowest BCUT2D eigenvalue weighted by Gasteiger charge is -2.36. The van der Waals surface area contributed by atoms with Crippen molar-refractivity contribution < 1.29 is 9.18 Å². The number of carbonyl (C=O) groups is 1. The molecule has 25 heavy (non-hydrogen) atoms. The maximum Gasteiger partial charge on any atom is 0.251 e. The smallest absolute Gasteiger partial charge is 0.251 e. The van der Waals surface area contributed by atoms with Crippen molar-refractivity contribution in [3.63, 3.8) is 0 Å². The highest BCUT2D eigenvalue weighted by Gasteiger charge is 2.17. The number of halogens is 1. The van der Waals surface area contributed by atoms with E-state index in [1.807, 2.05) is 43.3 Å². The van der Waals surface area contributed by atoms with Gasteiger partial charge in [0.25, 0.3) is 5.91 Å². The number of anilines is 1. The average molecular weight is 341 g/mol. The molecule has 1 fully saturated rings. The van der Waals surface area contributed by atoms with E-state index in [0.29, 0.717) is 12.1 Å². The highest BCUT2D eigenvalue weighted by molar-refractivity contribution is 5.94. The quantitative estimate of drug-likeness (QED) is 0.908. The summed E-state index contributed by atoms with van der Waals surface area (Å²) < 4.78 is 13.0. The third-order valence-corrected chi connectivity index (χ3v) is 4.52. The summed E-state index contributed by atoms with van der Waals surface area (Å²) in [6.07, 6.45) is 0. The zero-order valence-electron chi connectivity index (χ0n) is 14.5. The van der Waals surface area contributed by atoms with Crippen molar-refractivity contribution >= 4 is 11.6 Å². The molecule has 1 heterocycles. The van der Waals surface area contributed by atoms with Gasteiger partial charge in [-0.2, -0.15) is 0 Å². The van der Waals surface area contributed by atoms with Gasteiger partial charge in [-0.1, -0.05) is 12.1 Å². The minimum absolute atomic E-state index is 0.0260. The highest BCUT2D eigenvalue weighted by atomic mass is 19.1. The van der Waals surface area contributed by atoms with E-state index in [-0.39, 0.29) is 11.7 Å². The first-order valence-electron chi connectivity index (χ1n) is 8.75. The lowest BCUT2D eigenvalue weighted by Crippen LogP contribution is -2.45. The zero-order chi connectivity index (χ0) is 17.6. The fourth-order valence-corrected chi connectivity index (χ4v) is 3.10. The van der Waals surface area contributed by atoms with Gasteiger partial charge < -0.3 is 10.2 Å². The highest BCUT2D eigenvalue weighted by Crippen LogP contribution is 2.18. The van der Waals surface area contributed by atoms with E-state index in [4.69, 9.17) is 0 Å². The SMILES string of the molecule is CCNC(=O)c1ccc(CN2CCN(c3ccc(F)cc3)CC2)cc1. The summed E-state index contributed by atoms with van der Waals surface area (Å²) >= 11 is 0. The summed E-state index contributed by atoms with van der Waals surface area (Å²) in [5.41, 5.74) is 2.99. The molecule has 1 aliphatic rings. The molecule has 2 aromatic carbocycles. The molecule has 1 aliphatic heterocycles. The van der Waals surface area contributed by atoms with Crippen LogP contribution in [0.3, 0.4) is 0 Å². The fraction of sp³-hybridized carbons (Fsp3) is 0.350. The molecule has 0 radical (unpaired) electrons. The largest absolute Gasteiger partial charge is 0.369 e. The topological polar surface area (TPSA) is 35.6 Å². The second-order valence-corrected chi connectivity index (χ2v) is 6.30. The van der Waals surface area contributed by atoms with Crippen LogP contribution in [0.15, 0.2) is 48.5 Å². The Bertz CT molecular complexity index is 692. The predicted molar refractivity (Wildman–Crippen MR) is 98.3 cm³/mol. The monoisotopic (exact) mass is 341 g/mol. The van der Waals surface area contributed by atoms with Gasteiger partial charge in [-0.25, -0.2) is 4.39 Å². The van der Waals surface area contributed by atoms with E-state index in [9.17, 15) is 9.18 Å². The first kappa shape index (κ1) is 17.4. The van der Waals surface area contributed by atoms with Crippen LogP contribution < -0.4 is 10.2 Å². The number of amides is 1. The third kappa shape index (κ3) is 4.57. The summed E-state index contributed by atoms with van der Waals surface area (Å²) in [7, 11) is 0. The van der Waals surface area contributed by atoms with Crippen molar-refractivity contribution in [3.05, 3.63) is 65.5 Å². The normalized spacial score (nSPS) is 15.2. The van der Waals surface area contributed by atoms with Crippen LogP contribution >= 0.6 is 0 Å². The number of hydrogen-bond donors (Lipinski definition) is 1. The summed E-state index contributed by atoms with van der Waals surface area (Å²) in [5.74, 6) is -0.222. The van der Waals surface area contributed by atoms with Crippen LogP contribution in [-0.2, 0) is 6.54 Å². The van der Waals surface area contributed by atoms with E-state index in [1.54, 1.807) is 0 Å². The summed E-state index contributed by atoms with van der Waals surface area (Å²) in [6, 6.07) is 14.5. The molecule has 4 nitrogen and oxygen atoms in total. The van der Waals surface area contributed by atoms with Gasteiger partial charge >= 0.3 is 0 Å². The van der Waals surface area contributed by atoms with E-state index >= 15 is 0 Å². The summed E-state index contributed by atoms with van der Waals surface area (Å²) in [5, 5.41) is 2.81. The van der Waals surface area contributed by atoms with Crippen LogP contribution in [0.5, 0.6) is 0 Å². The molecule has 0 aliphatic carbocycles. The Morgan fingerprint density at radius 2 is 1.64 bits per heavy atom. The Morgan fingerprint density at radius 3 is 2.24 bits per heavy atom. The minimum atomic E-state index is -0.196. The van der Waals surface area contributed by atoms with Gasteiger partial charge in [0.05, 0.1) is 0 Å². The van der Waals surface area contributed by atoms with Gasteiger partial charge in [0.15, 0.2) is 0 Å². The molecule has 0 unspecified atom stereocenters. The molecule has 0 spiro atoms. The first-order chi connectivity index (χ1) is 12.2. The minimum Gasteiger partial charge on any atom is -0.369 e. The molecule has 5 heteroatoms. The molecular weight excluding hydrogens is 317 g/mol. The molecule has 2 aromatic rings. The summed E-state index contributed by atoms with van der Waals surface area (Å²) in [6.45, 7) is 7.24. The van der Waals surface area contributed by atoms with Crippen molar-refractivity contribution in [2.45, 2.75) is 13.5 Å². The van der Waals surface area contributed by atoms with Crippen LogP contribution in [0.1, 0.15) is 22.8 Å². The Labute approximate surface area is 148 Å². The van der Waals surface area contributed by atoms with Crippen LogP contribution in [0.25, 0.3) is 0 Å². The molecule has 132 valence electrons. The molecule has 1 N–H and O–H groups in total. The average Bonchev–Trinajstić information content (AvgIpc) is 2.64. The van der Waals surface area contributed by atoms with E-state index in [1.165, 1.54) is 17.7 Å². The third-order valence-electron chi connectivity index (χ3n) is 4.52. The molecule has 1 saturated heterocycles. The van der Waals surface area contributed by atoms with Gasteiger partial charge in [-0.3, -0.25) is 9.69 Å². The molecule has 1 amide bonds. The van der Waals surface area contributed by atoms with Crippen LogP contribution in [-0.4, -0.2) is 43.5 Å². The Kier molecular flexibility index (Phi) is 5.66. The Balaban J connectivity index is 1.52. The lowest BCUT2D eigenvalue weighted by molar-refractivity contribution is 0.0956. The van der Waals surface area contributed by atoms with Crippen LogP contribution in [0.4, 0.5) is 10.1 Å². The summed E-state index contributed by atoms with van der Waals surface area (Å²) in [4.78, 5) is 16.5. The van der Waals surface area contributed by atoms with Gasteiger partial charge in [-0.15, -0.1) is 0 Å². The van der Waals surface area contributed by atoms with Gasteiger partial charge in [0.2, 0.25) is 0 Å². The standard InChI is InChI=1S/C20H24FN3O/c1-2-22-20(25)17-5-3-16(4-6-17)15-23-11-13-24(14-12-23)19-9-7-18(21)8-10-19/h3-10H,2,11-15H2,1H3,(H,22,25). The molecule has 0 bridgehead atoms. The molecular formula is C20H24FN3O. The van der Waals surface area contributed by atoms with Crippen LogP contribution in [0, 0.1) is 5.82 Å². The zero-order valence-corrected chi connectivity index (χ0v) is 14.5. The molecule has 0 atom stereocenters. The Morgan fingerprint density at radius 1 is 1.00 bits per heavy atom. The van der Waals surface area contributed by atoms with Crippen molar-refractivity contribution in [3.8, 4) is 0 Å². The van der Waals surface area contributed by atoms with Gasteiger partial charge in [0, 0.05) is 50.5 Å². The Hall–Kier alpha value is -2.40. The second kappa shape index (κ2) is 8.12. The van der Waals surface area contributed by atoms with Gasteiger partial charge in [-0.05, 0) is 48.9 Å². The van der Waals surface area contributed by atoms with Gasteiger partial charge in [0.1, 0.15) is 5.82 Å². The number of carbonyl (C=O) groups excluding carboxylic acids is 1. The van der Waals surface area contributed by atoms with Crippen molar-refractivity contribution in [1.29, 1.82) is 0 Å². The predicted octanol–water partition coefficient (Wildman–Crippen LogP) is 2.90. The van der Waals surface area contributed by atoms with E-state index < -0.39 is 0 Å². The maximum atomic E-state index is 13.0. The number of piperazine rings is 1. The lowest BCUT2D eigenvalue weighted by atomic mass is 10.1. The van der Waals surface area contributed by atoms with E-state index in [2.05, 4.69) is 15.1 Å². The second-order valence-electron chi connectivity index (χ2n) is 6.30. The molecule has 3 rings (SSSR count). The number of nitrogens with zero attached hydrogens (tertiary/aromatic N) is 2. The molecule has 0 saturated carbocycles. The number of hydrogen-bond acceptors (Lipinski definition) is 3. The van der Waals surface area contributed by atoms with Crippen molar-refractivity contribution in [2.24, 2.45) is 0 Å². The molecule has 0 aromatic heterocycles. The number of rotatable bonds is 5. The fourth-order valence-electron chi connectivity index (χ4n) is 3.10. The van der Waals surface area contributed by atoms with Crippen molar-refractivity contribution in [2.75, 3.05) is 37.6 Å².